The van der Waals surface area contributed by atoms with Gasteiger partial charge in [0.25, 0.3) is 0 Å². The number of hydrogen-bond acceptors (Lipinski definition) is 4. The molecular formula is C10H16O5S. The molecule has 0 bridgehead atoms. The molecule has 0 saturated heterocycles. The maximum atomic E-state index is 11.7. The molecule has 0 amide bonds. The number of hydrogen-bond donors (Lipinski definition) is 1. The van der Waals surface area contributed by atoms with Gasteiger partial charge in [0.2, 0.25) is 0 Å². The topological polar surface area (TPSA) is 88.5 Å². The lowest BCUT2D eigenvalue weighted by molar-refractivity contribution is -0.157. The van der Waals surface area contributed by atoms with E-state index < -0.39 is 21.2 Å². The molecule has 1 unspecified atom stereocenters. The van der Waals surface area contributed by atoms with E-state index in [1.807, 2.05) is 0 Å². The molecule has 0 spiro atoms. The van der Waals surface area contributed by atoms with E-state index >= 15 is 0 Å². The number of carbonyl (C=O) groups is 2. The van der Waals surface area contributed by atoms with Crippen molar-refractivity contribution in [3.05, 3.63) is 0 Å². The van der Waals surface area contributed by atoms with Gasteiger partial charge in [0, 0.05) is 12.7 Å². The minimum Gasteiger partial charge on any atom is -0.480 e. The van der Waals surface area contributed by atoms with Crippen LogP contribution in [0.2, 0.25) is 0 Å². The number of rotatable bonds is 4. The molecule has 1 N–H and O–H groups in total. The zero-order valence-electron chi connectivity index (χ0n) is 9.23. The summed E-state index contributed by atoms with van der Waals surface area (Å²) in [5.41, 5.74) is -1.46. The molecule has 1 fully saturated rings. The molecule has 1 aliphatic rings. The molecule has 0 aliphatic heterocycles. The van der Waals surface area contributed by atoms with Crippen molar-refractivity contribution in [2.45, 2.75) is 32.1 Å². The highest BCUT2D eigenvalue weighted by atomic mass is 32.2. The van der Waals surface area contributed by atoms with Crippen molar-refractivity contribution in [1.29, 1.82) is 0 Å². The Morgan fingerprint density at radius 2 is 2.06 bits per heavy atom. The van der Waals surface area contributed by atoms with Gasteiger partial charge >= 0.3 is 5.97 Å². The first kappa shape index (κ1) is 13.2. The summed E-state index contributed by atoms with van der Waals surface area (Å²) in [5, 5.41) is 9.14. The monoisotopic (exact) mass is 248 g/mol. The Bertz CT molecular complexity index is 397. The van der Waals surface area contributed by atoms with Crippen LogP contribution in [0.4, 0.5) is 0 Å². The third-order valence-corrected chi connectivity index (χ3v) is 4.05. The summed E-state index contributed by atoms with van der Waals surface area (Å²) in [6, 6.07) is 0. The number of carboxylic acids is 1. The highest BCUT2D eigenvalue weighted by Gasteiger charge is 2.46. The van der Waals surface area contributed by atoms with Crippen LogP contribution in [0.25, 0.3) is 0 Å². The number of ketones is 1. The standard InChI is InChI=1S/C10H16O5S/c1-16(14,15)7-6-10(9(12)13)5-3-2-4-8(10)11/h2-7H2,1H3,(H,12,13). The largest absolute Gasteiger partial charge is 0.480 e. The van der Waals surface area contributed by atoms with Crippen LogP contribution >= 0.6 is 0 Å². The van der Waals surface area contributed by atoms with Crippen molar-refractivity contribution in [2.24, 2.45) is 5.41 Å². The average molecular weight is 248 g/mol. The summed E-state index contributed by atoms with van der Waals surface area (Å²) in [5.74, 6) is -1.75. The maximum Gasteiger partial charge on any atom is 0.317 e. The zero-order chi connectivity index (χ0) is 12.4. The molecule has 1 atom stereocenters. The van der Waals surface area contributed by atoms with Crippen molar-refractivity contribution in [3.8, 4) is 0 Å². The molecule has 0 radical (unpaired) electrons. The lowest BCUT2D eigenvalue weighted by Gasteiger charge is -2.31. The second kappa shape index (κ2) is 4.53. The van der Waals surface area contributed by atoms with Crippen LogP contribution in [0.15, 0.2) is 0 Å². The summed E-state index contributed by atoms with van der Waals surface area (Å²) < 4.78 is 22.1. The van der Waals surface area contributed by atoms with Crippen molar-refractivity contribution >= 4 is 21.6 Å². The number of carbonyl (C=O) groups excluding carboxylic acids is 1. The molecular weight excluding hydrogens is 232 g/mol. The van der Waals surface area contributed by atoms with E-state index in [-0.39, 0.29) is 30.8 Å². The van der Waals surface area contributed by atoms with Gasteiger partial charge in [-0.25, -0.2) is 8.42 Å². The van der Waals surface area contributed by atoms with Gasteiger partial charge in [-0.1, -0.05) is 6.42 Å². The highest BCUT2D eigenvalue weighted by Crippen LogP contribution is 2.37. The van der Waals surface area contributed by atoms with Gasteiger partial charge in [0.15, 0.2) is 0 Å². The molecule has 92 valence electrons. The second-order valence-corrected chi connectivity index (χ2v) is 6.66. The average Bonchev–Trinajstić information content (AvgIpc) is 2.15. The van der Waals surface area contributed by atoms with Gasteiger partial charge in [0.05, 0.1) is 5.75 Å². The Labute approximate surface area is 94.8 Å². The lowest BCUT2D eigenvalue weighted by Crippen LogP contribution is -2.42. The van der Waals surface area contributed by atoms with E-state index in [1.165, 1.54) is 0 Å². The first-order valence-corrected chi connectivity index (χ1v) is 7.28. The first-order valence-electron chi connectivity index (χ1n) is 5.22. The van der Waals surface area contributed by atoms with Gasteiger partial charge in [0.1, 0.15) is 21.0 Å². The fourth-order valence-electron chi connectivity index (χ4n) is 2.05. The maximum absolute atomic E-state index is 11.7. The Morgan fingerprint density at radius 3 is 2.50 bits per heavy atom. The van der Waals surface area contributed by atoms with E-state index in [9.17, 15) is 18.0 Å². The molecule has 0 heterocycles. The third-order valence-electron chi connectivity index (χ3n) is 3.10. The molecule has 1 saturated carbocycles. The molecule has 16 heavy (non-hydrogen) atoms. The lowest BCUT2D eigenvalue weighted by atomic mass is 9.71. The Kier molecular flexibility index (Phi) is 3.72. The minimum absolute atomic E-state index is 0.0972. The van der Waals surface area contributed by atoms with E-state index in [1.54, 1.807) is 0 Å². The zero-order valence-corrected chi connectivity index (χ0v) is 10.0. The van der Waals surface area contributed by atoms with E-state index in [0.717, 1.165) is 6.26 Å². The van der Waals surface area contributed by atoms with Crippen LogP contribution in [0.1, 0.15) is 32.1 Å². The predicted octanol–water partition coefficient (Wildman–Crippen LogP) is 0.635. The highest BCUT2D eigenvalue weighted by molar-refractivity contribution is 7.90. The SMILES string of the molecule is CS(=O)(=O)CCC1(C(=O)O)CCCCC1=O. The molecule has 0 aromatic rings. The quantitative estimate of drug-likeness (QED) is 0.737. The fourth-order valence-corrected chi connectivity index (χ4v) is 2.77. The van der Waals surface area contributed by atoms with Gasteiger partial charge in [-0.15, -0.1) is 0 Å². The number of sulfone groups is 1. The van der Waals surface area contributed by atoms with Crippen molar-refractivity contribution in [1.82, 2.24) is 0 Å². The molecule has 6 heteroatoms. The van der Waals surface area contributed by atoms with E-state index in [0.29, 0.717) is 12.8 Å². The second-order valence-electron chi connectivity index (χ2n) is 4.40. The molecule has 5 nitrogen and oxygen atoms in total. The van der Waals surface area contributed by atoms with Crippen molar-refractivity contribution in [2.75, 3.05) is 12.0 Å². The third kappa shape index (κ3) is 2.81. The first-order chi connectivity index (χ1) is 7.28. The summed E-state index contributed by atoms with van der Waals surface area (Å²) in [6.45, 7) is 0. The molecule has 0 aromatic carbocycles. The fraction of sp³-hybridized carbons (Fsp3) is 0.800. The summed E-state index contributed by atoms with van der Waals surface area (Å²) in [7, 11) is -3.23. The van der Waals surface area contributed by atoms with Crippen molar-refractivity contribution in [3.63, 3.8) is 0 Å². The Hall–Kier alpha value is -0.910. The van der Waals surface area contributed by atoms with Crippen LogP contribution in [-0.2, 0) is 19.4 Å². The summed E-state index contributed by atoms with van der Waals surface area (Å²) >= 11 is 0. The van der Waals surface area contributed by atoms with Gasteiger partial charge in [-0.05, 0) is 19.3 Å². The Morgan fingerprint density at radius 1 is 1.44 bits per heavy atom. The van der Waals surface area contributed by atoms with Crippen LogP contribution in [0.3, 0.4) is 0 Å². The van der Waals surface area contributed by atoms with Crippen LogP contribution in [0.5, 0.6) is 0 Å². The smallest absolute Gasteiger partial charge is 0.317 e. The number of Topliss-reactive ketones (excluding diaryl/α,β-unsaturated/α-hetero) is 1. The van der Waals surface area contributed by atoms with Crippen LogP contribution < -0.4 is 0 Å². The normalized spacial score (nSPS) is 26.7. The summed E-state index contributed by atoms with van der Waals surface area (Å²) in [6.07, 6.45) is 2.83. The number of aliphatic carboxylic acids is 1. The van der Waals surface area contributed by atoms with Crippen LogP contribution in [-0.4, -0.2) is 37.3 Å². The van der Waals surface area contributed by atoms with Crippen molar-refractivity contribution < 1.29 is 23.1 Å². The molecule has 1 aliphatic carbocycles. The summed E-state index contributed by atoms with van der Waals surface area (Å²) in [4.78, 5) is 22.9. The van der Waals surface area contributed by atoms with E-state index in [4.69, 9.17) is 5.11 Å². The number of carboxylic acid groups (broad SMARTS) is 1. The van der Waals surface area contributed by atoms with E-state index in [2.05, 4.69) is 0 Å². The van der Waals surface area contributed by atoms with Gasteiger partial charge in [-0.2, -0.15) is 0 Å². The van der Waals surface area contributed by atoms with Gasteiger partial charge < -0.3 is 5.11 Å². The van der Waals surface area contributed by atoms with Gasteiger partial charge in [-0.3, -0.25) is 9.59 Å². The van der Waals surface area contributed by atoms with Crippen LogP contribution in [0, 0.1) is 5.41 Å². The molecule has 1 rings (SSSR count). The Balaban J connectivity index is 2.88. The minimum atomic E-state index is -3.23. The molecule has 0 aromatic heterocycles. The predicted molar refractivity (Wildman–Crippen MR) is 57.9 cm³/mol.